The Morgan fingerprint density at radius 2 is 2.46 bits per heavy atom. The molecule has 3 atom stereocenters. The van der Waals surface area contributed by atoms with Crippen molar-refractivity contribution < 1.29 is 14.7 Å². The number of amides is 1. The number of hydrogen-bond donors (Lipinski definition) is 1. The molecule has 0 radical (unpaired) electrons. The van der Waals surface area contributed by atoms with Crippen molar-refractivity contribution in [2.45, 2.75) is 13.3 Å². The highest BCUT2D eigenvalue weighted by atomic mass is 16.4. The molecule has 1 saturated heterocycles. The number of hydrogen-bond acceptors (Lipinski definition) is 2. The predicted octanol–water partition coefficient (Wildman–Crippen LogP) is 0.185. The topological polar surface area (TPSA) is 57.6 Å². The average Bonchev–Trinajstić information content (AvgIpc) is 2.75. The summed E-state index contributed by atoms with van der Waals surface area (Å²) in [6.07, 6.45) is 1.02. The van der Waals surface area contributed by atoms with Crippen LogP contribution in [0.5, 0.6) is 0 Å². The van der Waals surface area contributed by atoms with E-state index in [1.54, 1.807) is 11.8 Å². The zero-order chi connectivity index (χ0) is 9.59. The average molecular weight is 183 g/mol. The second-order valence-electron chi connectivity index (χ2n) is 4.08. The standard InChI is InChI=1S/C9H13NO3/c1-5(9(12)13)3-10-4-6-2-7(6)8(10)11/h5-7H,2-4H2,1H3,(H,12,13). The number of nitrogens with zero attached hydrogens (tertiary/aromatic N) is 1. The van der Waals surface area contributed by atoms with Crippen LogP contribution in [0.15, 0.2) is 0 Å². The third-order valence-electron chi connectivity index (χ3n) is 2.92. The molecular weight excluding hydrogens is 170 g/mol. The van der Waals surface area contributed by atoms with Gasteiger partial charge in [0.25, 0.3) is 0 Å². The van der Waals surface area contributed by atoms with E-state index in [-0.39, 0.29) is 11.8 Å². The van der Waals surface area contributed by atoms with Gasteiger partial charge in [-0.25, -0.2) is 0 Å². The van der Waals surface area contributed by atoms with Crippen molar-refractivity contribution in [1.29, 1.82) is 0 Å². The molecule has 0 bridgehead atoms. The SMILES string of the molecule is CC(CN1CC2CC2C1=O)C(=O)O. The molecule has 0 aromatic heterocycles. The van der Waals surface area contributed by atoms with Gasteiger partial charge in [0.15, 0.2) is 0 Å². The van der Waals surface area contributed by atoms with Crippen molar-refractivity contribution in [2.24, 2.45) is 17.8 Å². The van der Waals surface area contributed by atoms with Crippen LogP contribution in [0.4, 0.5) is 0 Å². The molecule has 1 amide bonds. The lowest BCUT2D eigenvalue weighted by Crippen LogP contribution is -2.34. The van der Waals surface area contributed by atoms with E-state index >= 15 is 0 Å². The molecule has 3 unspecified atom stereocenters. The maximum atomic E-state index is 11.4. The van der Waals surface area contributed by atoms with Gasteiger partial charge < -0.3 is 10.0 Å². The van der Waals surface area contributed by atoms with Gasteiger partial charge in [0.05, 0.1) is 5.92 Å². The quantitative estimate of drug-likeness (QED) is 0.679. The van der Waals surface area contributed by atoms with E-state index in [2.05, 4.69) is 0 Å². The molecule has 0 aromatic carbocycles. The lowest BCUT2D eigenvalue weighted by molar-refractivity contribution is -0.142. The minimum Gasteiger partial charge on any atom is -0.481 e. The van der Waals surface area contributed by atoms with E-state index in [4.69, 9.17) is 5.11 Å². The third-order valence-corrected chi connectivity index (χ3v) is 2.92. The first-order valence-electron chi connectivity index (χ1n) is 4.61. The van der Waals surface area contributed by atoms with Crippen LogP contribution in [0, 0.1) is 17.8 Å². The zero-order valence-electron chi connectivity index (χ0n) is 7.56. The highest BCUT2D eigenvalue weighted by molar-refractivity contribution is 5.85. The predicted molar refractivity (Wildman–Crippen MR) is 45.0 cm³/mol. The molecule has 1 heterocycles. The minimum atomic E-state index is -0.826. The molecule has 0 aromatic rings. The number of piperidine rings is 1. The van der Waals surface area contributed by atoms with Crippen molar-refractivity contribution in [3.05, 3.63) is 0 Å². The van der Waals surface area contributed by atoms with Crippen molar-refractivity contribution >= 4 is 11.9 Å². The largest absolute Gasteiger partial charge is 0.481 e. The number of carboxylic acid groups (broad SMARTS) is 1. The fraction of sp³-hybridized carbons (Fsp3) is 0.778. The van der Waals surface area contributed by atoms with Crippen molar-refractivity contribution in [3.63, 3.8) is 0 Å². The molecule has 0 spiro atoms. The fourth-order valence-corrected chi connectivity index (χ4v) is 1.93. The van der Waals surface area contributed by atoms with E-state index < -0.39 is 11.9 Å². The maximum absolute atomic E-state index is 11.4. The van der Waals surface area contributed by atoms with Crippen LogP contribution < -0.4 is 0 Å². The number of rotatable bonds is 3. The first-order chi connectivity index (χ1) is 6.09. The monoisotopic (exact) mass is 183 g/mol. The molecule has 2 fully saturated rings. The summed E-state index contributed by atoms with van der Waals surface area (Å²) in [5.74, 6) is -0.331. The van der Waals surface area contributed by atoms with Crippen LogP contribution >= 0.6 is 0 Å². The zero-order valence-corrected chi connectivity index (χ0v) is 7.56. The van der Waals surface area contributed by atoms with Crippen LogP contribution in [-0.2, 0) is 9.59 Å². The maximum Gasteiger partial charge on any atom is 0.308 e. The molecule has 72 valence electrons. The molecule has 4 heteroatoms. The summed E-state index contributed by atoms with van der Waals surface area (Å²) in [4.78, 5) is 23.7. The Labute approximate surface area is 76.5 Å². The normalized spacial score (nSPS) is 33.0. The Morgan fingerprint density at radius 1 is 1.77 bits per heavy atom. The van der Waals surface area contributed by atoms with Crippen LogP contribution in [0.1, 0.15) is 13.3 Å². The lowest BCUT2D eigenvalue weighted by atomic mass is 10.1. The lowest BCUT2D eigenvalue weighted by Gasteiger charge is -2.20. The Kier molecular flexibility index (Phi) is 1.78. The summed E-state index contributed by atoms with van der Waals surface area (Å²) in [6.45, 7) is 2.79. The molecule has 1 saturated carbocycles. The smallest absolute Gasteiger partial charge is 0.308 e. The Hall–Kier alpha value is -1.06. The molecule has 13 heavy (non-hydrogen) atoms. The molecular formula is C9H13NO3. The number of aliphatic carboxylic acids is 1. The number of carbonyl (C=O) groups excluding carboxylic acids is 1. The van der Waals surface area contributed by atoms with E-state index in [0.29, 0.717) is 12.5 Å². The third kappa shape index (κ3) is 1.41. The second-order valence-corrected chi connectivity index (χ2v) is 4.08. The summed E-state index contributed by atoms with van der Waals surface area (Å²) in [5.41, 5.74) is 0. The van der Waals surface area contributed by atoms with E-state index in [1.165, 1.54) is 0 Å². The molecule has 1 aliphatic carbocycles. The van der Waals surface area contributed by atoms with Gasteiger partial charge in [-0.3, -0.25) is 9.59 Å². The van der Waals surface area contributed by atoms with Crippen LogP contribution in [-0.4, -0.2) is 35.0 Å². The highest BCUT2D eigenvalue weighted by Crippen LogP contribution is 2.45. The van der Waals surface area contributed by atoms with Crippen LogP contribution in [0.3, 0.4) is 0 Å². The summed E-state index contributed by atoms with van der Waals surface area (Å²) in [6, 6.07) is 0. The fourth-order valence-electron chi connectivity index (χ4n) is 1.93. The summed E-state index contributed by atoms with van der Waals surface area (Å²) < 4.78 is 0. The number of fused-ring (bicyclic) bond motifs is 1. The first-order valence-corrected chi connectivity index (χ1v) is 4.61. The number of carbonyl (C=O) groups is 2. The summed E-state index contributed by atoms with van der Waals surface area (Å²) in [7, 11) is 0. The Morgan fingerprint density at radius 3 is 2.92 bits per heavy atom. The van der Waals surface area contributed by atoms with Gasteiger partial charge in [-0.05, 0) is 12.3 Å². The highest BCUT2D eigenvalue weighted by Gasteiger charge is 2.52. The molecule has 4 nitrogen and oxygen atoms in total. The summed E-state index contributed by atoms with van der Waals surface area (Å²) in [5, 5.41) is 8.67. The molecule has 1 N–H and O–H groups in total. The molecule has 2 rings (SSSR count). The Balaban J connectivity index is 1.89. The minimum absolute atomic E-state index is 0.165. The van der Waals surface area contributed by atoms with Gasteiger partial charge in [0.1, 0.15) is 0 Å². The Bertz CT molecular complexity index is 264. The van der Waals surface area contributed by atoms with Crippen LogP contribution in [0.25, 0.3) is 0 Å². The van der Waals surface area contributed by atoms with Crippen molar-refractivity contribution in [1.82, 2.24) is 4.90 Å². The second kappa shape index (κ2) is 2.72. The van der Waals surface area contributed by atoms with Gasteiger partial charge in [-0.2, -0.15) is 0 Å². The van der Waals surface area contributed by atoms with Gasteiger partial charge in [-0.1, -0.05) is 6.92 Å². The van der Waals surface area contributed by atoms with E-state index in [1.807, 2.05) is 0 Å². The van der Waals surface area contributed by atoms with E-state index in [0.717, 1.165) is 13.0 Å². The molecule has 2 aliphatic rings. The van der Waals surface area contributed by atoms with Crippen molar-refractivity contribution in [2.75, 3.05) is 13.1 Å². The van der Waals surface area contributed by atoms with Crippen molar-refractivity contribution in [3.8, 4) is 0 Å². The number of likely N-dealkylation sites (tertiary alicyclic amines) is 1. The van der Waals surface area contributed by atoms with Crippen LogP contribution in [0.2, 0.25) is 0 Å². The number of carboxylic acids is 1. The van der Waals surface area contributed by atoms with Gasteiger partial charge in [-0.15, -0.1) is 0 Å². The first kappa shape index (κ1) is 8.53. The van der Waals surface area contributed by atoms with E-state index in [9.17, 15) is 9.59 Å². The molecule has 1 aliphatic heterocycles. The summed E-state index contributed by atoms with van der Waals surface area (Å²) >= 11 is 0. The van der Waals surface area contributed by atoms with Gasteiger partial charge >= 0.3 is 5.97 Å². The van der Waals surface area contributed by atoms with Gasteiger partial charge in [0, 0.05) is 19.0 Å². The van der Waals surface area contributed by atoms with Gasteiger partial charge in [0.2, 0.25) is 5.91 Å².